The lowest BCUT2D eigenvalue weighted by Gasteiger charge is -2.07. The van der Waals surface area contributed by atoms with Crippen LogP contribution in [0.2, 0.25) is 0 Å². The highest BCUT2D eigenvalue weighted by atomic mass is 32.2. The molecule has 0 unspecified atom stereocenters. The van der Waals surface area contributed by atoms with Crippen molar-refractivity contribution < 1.29 is 19.5 Å². The predicted molar refractivity (Wildman–Crippen MR) is 107 cm³/mol. The molecule has 10 nitrogen and oxygen atoms in total. The Morgan fingerprint density at radius 2 is 2.07 bits per heavy atom. The van der Waals surface area contributed by atoms with Crippen LogP contribution in [-0.4, -0.2) is 44.5 Å². The molecule has 0 atom stereocenters. The van der Waals surface area contributed by atoms with E-state index in [1.807, 2.05) is 36.6 Å². The highest BCUT2D eigenvalue weighted by molar-refractivity contribution is 7.98. The smallest absolute Gasteiger partial charge is 0.315 e. The van der Waals surface area contributed by atoms with Gasteiger partial charge in [-0.3, -0.25) is 10.1 Å². The van der Waals surface area contributed by atoms with Gasteiger partial charge in [0.05, 0.1) is 18.2 Å². The molecular formula is C18H17N5O5S. The minimum Gasteiger partial charge on any atom is -0.500 e. The first-order valence-electron chi connectivity index (χ1n) is 8.29. The topological polar surface area (TPSA) is 125 Å². The van der Waals surface area contributed by atoms with Crippen LogP contribution in [0.1, 0.15) is 11.4 Å². The molecule has 150 valence electrons. The first kappa shape index (κ1) is 20.1. The van der Waals surface area contributed by atoms with E-state index in [1.165, 1.54) is 41.9 Å². The molecule has 0 spiro atoms. The second-order valence-electron chi connectivity index (χ2n) is 5.61. The normalized spacial score (nSPS) is 11.0. The van der Waals surface area contributed by atoms with Gasteiger partial charge in [-0.25, -0.2) is 0 Å². The zero-order valence-electron chi connectivity index (χ0n) is 15.6. The molecule has 29 heavy (non-hydrogen) atoms. The standard InChI is InChI=1S/C18H17N5O5S/c1-27-15-9-12(8-14(17(15)24)23(25)26)10-19-22-16(20-21-18(22)29-2)11-28-13-6-4-3-5-7-13/h3-10,24H,11H2,1-2H3/b19-10-. The average Bonchev–Trinajstić information content (AvgIpc) is 3.13. The number of hydrogen-bond acceptors (Lipinski definition) is 9. The van der Waals surface area contributed by atoms with Crippen molar-refractivity contribution in [1.82, 2.24) is 14.9 Å². The molecule has 0 aliphatic heterocycles. The van der Waals surface area contributed by atoms with Crippen molar-refractivity contribution in [3.8, 4) is 17.2 Å². The summed E-state index contributed by atoms with van der Waals surface area (Å²) in [7, 11) is 1.31. The maximum atomic E-state index is 11.1. The Morgan fingerprint density at radius 3 is 2.72 bits per heavy atom. The number of para-hydroxylation sites is 1. The number of phenols is 1. The van der Waals surface area contributed by atoms with Gasteiger partial charge in [-0.05, 0) is 24.5 Å². The van der Waals surface area contributed by atoms with Crippen molar-refractivity contribution in [2.75, 3.05) is 13.4 Å². The number of methoxy groups -OCH3 is 1. The van der Waals surface area contributed by atoms with Crippen molar-refractivity contribution in [3.05, 3.63) is 64.0 Å². The van der Waals surface area contributed by atoms with Gasteiger partial charge in [0.2, 0.25) is 10.9 Å². The third-order valence-electron chi connectivity index (χ3n) is 3.79. The Kier molecular flexibility index (Phi) is 6.29. The lowest BCUT2D eigenvalue weighted by Crippen LogP contribution is -2.05. The Morgan fingerprint density at radius 1 is 1.31 bits per heavy atom. The zero-order valence-corrected chi connectivity index (χ0v) is 16.4. The number of nitro groups is 1. The van der Waals surface area contributed by atoms with E-state index in [2.05, 4.69) is 15.3 Å². The first-order valence-corrected chi connectivity index (χ1v) is 9.51. The third kappa shape index (κ3) is 4.63. The van der Waals surface area contributed by atoms with Gasteiger partial charge in [-0.2, -0.15) is 9.78 Å². The van der Waals surface area contributed by atoms with E-state index in [1.54, 1.807) is 0 Å². The van der Waals surface area contributed by atoms with Crippen molar-refractivity contribution in [3.63, 3.8) is 0 Å². The Labute approximate surface area is 169 Å². The molecule has 1 heterocycles. The van der Waals surface area contributed by atoms with Crippen LogP contribution in [0.15, 0.2) is 52.7 Å². The fraction of sp³-hybridized carbons (Fsp3) is 0.167. The minimum atomic E-state index is -0.694. The van der Waals surface area contributed by atoms with Crippen LogP contribution in [0.4, 0.5) is 5.69 Å². The molecule has 2 aromatic carbocycles. The molecule has 0 fully saturated rings. The van der Waals surface area contributed by atoms with Gasteiger partial charge in [-0.15, -0.1) is 10.2 Å². The van der Waals surface area contributed by atoms with Gasteiger partial charge in [-0.1, -0.05) is 30.0 Å². The fourth-order valence-electron chi connectivity index (χ4n) is 2.40. The van der Waals surface area contributed by atoms with E-state index in [-0.39, 0.29) is 12.4 Å². The van der Waals surface area contributed by atoms with E-state index >= 15 is 0 Å². The third-order valence-corrected chi connectivity index (χ3v) is 4.41. The molecule has 11 heteroatoms. The van der Waals surface area contributed by atoms with Crippen LogP contribution in [0.3, 0.4) is 0 Å². The lowest BCUT2D eigenvalue weighted by atomic mass is 10.2. The van der Waals surface area contributed by atoms with Crippen LogP contribution in [0.25, 0.3) is 0 Å². The summed E-state index contributed by atoms with van der Waals surface area (Å²) in [6.45, 7) is 0.133. The van der Waals surface area contributed by atoms with Crippen molar-refractivity contribution >= 4 is 23.7 Å². The number of nitro benzene ring substituents is 1. The number of ether oxygens (including phenoxy) is 2. The second kappa shape index (κ2) is 9.06. The predicted octanol–water partition coefficient (Wildman–Crippen LogP) is 3.08. The van der Waals surface area contributed by atoms with Gasteiger partial charge in [0.15, 0.2) is 11.6 Å². The van der Waals surface area contributed by atoms with Gasteiger partial charge >= 0.3 is 5.69 Å². The number of hydrogen-bond donors (Lipinski definition) is 1. The van der Waals surface area contributed by atoms with E-state index < -0.39 is 16.4 Å². The summed E-state index contributed by atoms with van der Waals surface area (Å²) in [4.78, 5) is 10.5. The number of benzene rings is 2. The second-order valence-corrected chi connectivity index (χ2v) is 6.38. The summed E-state index contributed by atoms with van der Waals surface area (Å²) in [6.07, 6.45) is 3.22. The fourth-order valence-corrected chi connectivity index (χ4v) is 2.85. The van der Waals surface area contributed by atoms with E-state index in [0.29, 0.717) is 22.3 Å². The van der Waals surface area contributed by atoms with Gasteiger partial charge in [0.25, 0.3) is 0 Å². The summed E-state index contributed by atoms with van der Waals surface area (Å²) in [6, 6.07) is 11.9. The molecular weight excluding hydrogens is 398 g/mol. The number of thioether (sulfide) groups is 1. The van der Waals surface area contributed by atoms with E-state index in [0.717, 1.165) is 0 Å². The summed E-state index contributed by atoms with van der Waals surface area (Å²) >= 11 is 1.34. The van der Waals surface area contributed by atoms with Crippen LogP contribution in [0.5, 0.6) is 17.2 Å². The van der Waals surface area contributed by atoms with Gasteiger partial charge in [0, 0.05) is 11.6 Å². The Bertz CT molecular complexity index is 1040. The molecule has 0 radical (unpaired) electrons. The number of aromatic hydroxyl groups is 1. The van der Waals surface area contributed by atoms with Crippen molar-refractivity contribution in [2.45, 2.75) is 11.8 Å². The van der Waals surface area contributed by atoms with Crippen LogP contribution < -0.4 is 9.47 Å². The summed E-state index contributed by atoms with van der Waals surface area (Å²) in [5.74, 6) is 0.563. The van der Waals surface area contributed by atoms with E-state index in [4.69, 9.17) is 9.47 Å². The molecule has 0 saturated heterocycles. The molecule has 0 aliphatic carbocycles. The number of nitrogens with zero attached hydrogens (tertiary/aromatic N) is 5. The molecule has 0 bridgehead atoms. The average molecular weight is 415 g/mol. The molecule has 3 rings (SSSR count). The minimum absolute atomic E-state index is 0.0258. The highest BCUT2D eigenvalue weighted by Gasteiger charge is 2.19. The quantitative estimate of drug-likeness (QED) is 0.257. The van der Waals surface area contributed by atoms with Crippen LogP contribution >= 0.6 is 11.8 Å². The monoisotopic (exact) mass is 415 g/mol. The molecule has 1 N–H and O–H groups in total. The molecule has 1 aromatic heterocycles. The zero-order chi connectivity index (χ0) is 20.8. The molecule has 0 saturated carbocycles. The Hall–Kier alpha value is -3.60. The maximum absolute atomic E-state index is 11.1. The number of aromatic nitrogens is 3. The number of phenolic OH excluding ortho intramolecular Hbond substituents is 1. The largest absolute Gasteiger partial charge is 0.500 e. The van der Waals surface area contributed by atoms with E-state index in [9.17, 15) is 15.2 Å². The summed E-state index contributed by atoms with van der Waals surface area (Å²) in [5, 5.41) is 34.0. The van der Waals surface area contributed by atoms with Crippen LogP contribution in [-0.2, 0) is 6.61 Å². The molecule has 0 amide bonds. The lowest BCUT2D eigenvalue weighted by molar-refractivity contribution is -0.386. The highest BCUT2D eigenvalue weighted by Crippen LogP contribution is 2.36. The van der Waals surface area contributed by atoms with Crippen LogP contribution in [0, 0.1) is 10.1 Å². The maximum Gasteiger partial charge on any atom is 0.315 e. The van der Waals surface area contributed by atoms with Crippen molar-refractivity contribution in [2.24, 2.45) is 5.10 Å². The van der Waals surface area contributed by atoms with Gasteiger partial charge < -0.3 is 14.6 Å². The summed E-state index contributed by atoms with van der Waals surface area (Å²) in [5.41, 5.74) is -0.116. The Balaban J connectivity index is 1.89. The first-order chi connectivity index (χ1) is 14.0. The summed E-state index contributed by atoms with van der Waals surface area (Å²) < 4.78 is 12.2. The number of rotatable bonds is 8. The van der Waals surface area contributed by atoms with Crippen molar-refractivity contribution in [1.29, 1.82) is 0 Å². The van der Waals surface area contributed by atoms with Gasteiger partial charge in [0.1, 0.15) is 12.4 Å². The molecule has 0 aliphatic rings. The molecule has 3 aromatic rings. The SMILES string of the molecule is COc1cc(/C=N\n2c(COc3ccccc3)nnc2SC)cc([N+](=O)[O-])c1O.